The zero-order chi connectivity index (χ0) is 14.6. The Morgan fingerprint density at radius 3 is 2.00 bits per heavy atom. The van der Waals surface area contributed by atoms with E-state index in [9.17, 15) is 4.79 Å². The Morgan fingerprint density at radius 1 is 0.800 bits per heavy atom. The van der Waals surface area contributed by atoms with Gasteiger partial charge in [0.2, 0.25) is 0 Å². The molecule has 0 heterocycles. The fraction of sp³-hybridized carbons (Fsp3) is 0.211. The van der Waals surface area contributed by atoms with Crippen LogP contribution in [0.3, 0.4) is 0 Å². The molecule has 2 rings (SSSR count). The maximum atomic E-state index is 10.7. The molecule has 0 N–H and O–H groups in total. The first-order valence-electron chi connectivity index (χ1n) is 6.83. The van der Waals surface area contributed by atoms with E-state index in [1.807, 2.05) is 30.3 Å². The van der Waals surface area contributed by atoms with Crippen LogP contribution < -0.4 is 0 Å². The first-order valence-corrected chi connectivity index (χ1v) is 6.83. The average Bonchev–Trinajstić information content (AvgIpc) is 2.45. The largest absolute Gasteiger partial charge is 0.298 e. The van der Waals surface area contributed by atoms with Crippen LogP contribution in [-0.4, -0.2) is 6.29 Å². The lowest BCUT2D eigenvalue weighted by molar-refractivity contribution is 0.112. The summed E-state index contributed by atoms with van der Waals surface area (Å²) in [5.74, 6) is 0. The van der Waals surface area contributed by atoms with Crippen molar-refractivity contribution < 1.29 is 4.79 Å². The highest BCUT2D eigenvalue weighted by molar-refractivity contribution is 5.78. The van der Waals surface area contributed by atoms with Crippen molar-refractivity contribution in [3.05, 3.63) is 70.8 Å². The second-order valence-electron chi connectivity index (χ2n) is 5.99. The molecular formula is C19H20O. The third-order valence-corrected chi connectivity index (χ3v) is 3.29. The Labute approximate surface area is 121 Å². The lowest BCUT2D eigenvalue weighted by Crippen LogP contribution is -2.10. The standard InChI is InChI=1S/C19H20O/c1-19(2,3)18-11-9-15(10-12-18)7-8-16-5-4-6-17(13-16)14-20/h4-14H,1-3H3/b8-7+. The van der Waals surface area contributed by atoms with Gasteiger partial charge in [-0.3, -0.25) is 4.79 Å². The molecule has 2 aromatic carbocycles. The number of carbonyl (C=O) groups excluding carboxylic acids is 1. The zero-order valence-corrected chi connectivity index (χ0v) is 12.3. The normalized spacial score (nSPS) is 11.8. The van der Waals surface area contributed by atoms with E-state index in [2.05, 4.69) is 51.1 Å². The quantitative estimate of drug-likeness (QED) is 0.565. The molecule has 0 radical (unpaired) electrons. The maximum Gasteiger partial charge on any atom is 0.150 e. The van der Waals surface area contributed by atoms with E-state index in [-0.39, 0.29) is 5.41 Å². The van der Waals surface area contributed by atoms with E-state index >= 15 is 0 Å². The van der Waals surface area contributed by atoms with E-state index in [0.717, 1.165) is 17.4 Å². The smallest absolute Gasteiger partial charge is 0.150 e. The van der Waals surface area contributed by atoms with E-state index in [1.54, 1.807) is 0 Å². The maximum absolute atomic E-state index is 10.7. The minimum absolute atomic E-state index is 0.181. The molecule has 102 valence electrons. The molecule has 0 saturated carbocycles. The van der Waals surface area contributed by atoms with E-state index in [1.165, 1.54) is 5.56 Å². The molecule has 0 spiro atoms. The number of rotatable bonds is 3. The SMILES string of the molecule is CC(C)(C)c1ccc(/C=C/c2cccc(C=O)c2)cc1. The molecule has 0 atom stereocenters. The molecule has 0 aliphatic rings. The minimum Gasteiger partial charge on any atom is -0.298 e. The van der Waals surface area contributed by atoms with Crippen molar-refractivity contribution in [1.29, 1.82) is 0 Å². The van der Waals surface area contributed by atoms with E-state index < -0.39 is 0 Å². The summed E-state index contributed by atoms with van der Waals surface area (Å²) in [7, 11) is 0. The number of carbonyl (C=O) groups is 1. The van der Waals surface area contributed by atoms with Gasteiger partial charge in [-0.2, -0.15) is 0 Å². The van der Waals surface area contributed by atoms with Crippen LogP contribution in [0.15, 0.2) is 48.5 Å². The predicted octanol–water partition coefficient (Wildman–Crippen LogP) is 4.97. The van der Waals surface area contributed by atoms with Gasteiger partial charge in [-0.25, -0.2) is 0 Å². The monoisotopic (exact) mass is 264 g/mol. The summed E-state index contributed by atoms with van der Waals surface area (Å²) in [6.07, 6.45) is 4.96. The number of benzene rings is 2. The summed E-state index contributed by atoms with van der Waals surface area (Å²) in [6.45, 7) is 6.63. The Balaban J connectivity index is 2.17. The van der Waals surface area contributed by atoms with E-state index in [4.69, 9.17) is 0 Å². The van der Waals surface area contributed by atoms with Gasteiger partial charge in [-0.1, -0.05) is 75.4 Å². The summed E-state index contributed by atoms with van der Waals surface area (Å²) in [5, 5.41) is 0. The van der Waals surface area contributed by atoms with Gasteiger partial charge in [-0.05, 0) is 28.2 Å². The molecular weight excluding hydrogens is 244 g/mol. The molecule has 0 bridgehead atoms. The Hall–Kier alpha value is -2.15. The summed E-state index contributed by atoms with van der Waals surface area (Å²) in [5.41, 5.74) is 4.41. The first-order chi connectivity index (χ1) is 9.49. The molecule has 20 heavy (non-hydrogen) atoms. The summed E-state index contributed by atoms with van der Waals surface area (Å²) < 4.78 is 0. The molecule has 0 fully saturated rings. The lowest BCUT2D eigenvalue weighted by atomic mass is 9.87. The lowest BCUT2D eigenvalue weighted by Gasteiger charge is -2.18. The number of hydrogen-bond donors (Lipinski definition) is 0. The van der Waals surface area contributed by atoms with Crippen molar-refractivity contribution in [3.8, 4) is 0 Å². The van der Waals surface area contributed by atoms with Gasteiger partial charge in [-0.15, -0.1) is 0 Å². The zero-order valence-electron chi connectivity index (χ0n) is 12.3. The van der Waals surface area contributed by atoms with Gasteiger partial charge >= 0.3 is 0 Å². The van der Waals surface area contributed by atoms with Crippen LogP contribution >= 0.6 is 0 Å². The van der Waals surface area contributed by atoms with Crippen LogP contribution in [0.25, 0.3) is 12.2 Å². The van der Waals surface area contributed by atoms with Crippen LogP contribution in [0.2, 0.25) is 0 Å². The van der Waals surface area contributed by atoms with Gasteiger partial charge in [0, 0.05) is 5.56 Å². The molecule has 0 unspecified atom stereocenters. The molecule has 1 nitrogen and oxygen atoms in total. The van der Waals surface area contributed by atoms with Crippen molar-refractivity contribution in [3.63, 3.8) is 0 Å². The van der Waals surface area contributed by atoms with Gasteiger partial charge in [0.1, 0.15) is 6.29 Å². The Bertz CT molecular complexity index is 613. The van der Waals surface area contributed by atoms with Gasteiger partial charge < -0.3 is 0 Å². The number of aldehydes is 1. The van der Waals surface area contributed by atoms with Crippen LogP contribution in [0.4, 0.5) is 0 Å². The fourth-order valence-electron chi connectivity index (χ4n) is 2.02. The van der Waals surface area contributed by atoms with Crippen LogP contribution in [-0.2, 0) is 5.41 Å². The summed E-state index contributed by atoms with van der Waals surface area (Å²) >= 11 is 0. The minimum atomic E-state index is 0.181. The number of hydrogen-bond acceptors (Lipinski definition) is 1. The van der Waals surface area contributed by atoms with Crippen LogP contribution in [0.1, 0.15) is 47.8 Å². The third-order valence-electron chi connectivity index (χ3n) is 3.29. The van der Waals surface area contributed by atoms with Gasteiger partial charge in [0.25, 0.3) is 0 Å². The second kappa shape index (κ2) is 5.87. The average molecular weight is 264 g/mol. The van der Waals surface area contributed by atoms with E-state index in [0.29, 0.717) is 5.56 Å². The fourth-order valence-corrected chi connectivity index (χ4v) is 2.02. The Morgan fingerprint density at radius 2 is 1.40 bits per heavy atom. The van der Waals surface area contributed by atoms with Gasteiger partial charge in [0.05, 0.1) is 0 Å². The van der Waals surface area contributed by atoms with Crippen LogP contribution in [0.5, 0.6) is 0 Å². The molecule has 1 heteroatoms. The molecule has 0 amide bonds. The molecule has 0 aliphatic carbocycles. The molecule has 0 saturated heterocycles. The van der Waals surface area contributed by atoms with Crippen molar-refractivity contribution >= 4 is 18.4 Å². The first kappa shape index (κ1) is 14.3. The molecule has 2 aromatic rings. The third kappa shape index (κ3) is 3.67. The van der Waals surface area contributed by atoms with Gasteiger partial charge in [0.15, 0.2) is 0 Å². The van der Waals surface area contributed by atoms with Crippen molar-refractivity contribution in [1.82, 2.24) is 0 Å². The predicted molar refractivity (Wildman–Crippen MR) is 85.9 cm³/mol. The van der Waals surface area contributed by atoms with Crippen molar-refractivity contribution in [2.45, 2.75) is 26.2 Å². The van der Waals surface area contributed by atoms with Crippen molar-refractivity contribution in [2.24, 2.45) is 0 Å². The summed E-state index contributed by atoms with van der Waals surface area (Å²) in [4.78, 5) is 10.7. The highest BCUT2D eigenvalue weighted by Gasteiger charge is 2.12. The second-order valence-corrected chi connectivity index (χ2v) is 5.99. The Kier molecular flexibility index (Phi) is 4.19. The molecule has 0 aromatic heterocycles. The highest BCUT2D eigenvalue weighted by Crippen LogP contribution is 2.22. The summed E-state index contributed by atoms with van der Waals surface area (Å²) in [6, 6.07) is 16.2. The topological polar surface area (TPSA) is 17.1 Å². The van der Waals surface area contributed by atoms with Crippen LogP contribution in [0, 0.1) is 0 Å². The highest BCUT2D eigenvalue weighted by atomic mass is 16.1. The molecule has 0 aliphatic heterocycles. The van der Waals surface area contributed by atoms with Crippen molar-refractivity contribution in [2.75, 3.05) is 0 Å².